The zero-order chi connectivity index (χ0) is 14.7. The van der Waals surface area contributed by atoms with Crippen LogP contribution >= 0.6 is 0 Å². The van der Waals surface area contributed by atoms with Gasteiger partial charge in [-0.05, 0) is 42.5 Å². The first-order valence-electron chi connectivity index (χ1n) is 7.16. The predicted octanol–water partition coefficient (Wildman–Crippen LogP) is 3.16. The largest absolute Gasteiger partial charge is 0.330 e. The van der Waals surface area contributed by atoms with Gasteiger partial charge in [-0.25, -0.2) is 0 Å². The minimum atomic E-state index is 0.142. The number of hydrogen-bond acceptors (Lipinski definition) is 2. The Bertz CT molecular complexity index is 419. The van der Waals surface area contributed by atoms with Crippen molar-refractivity contribution in [2.45, 2.75) is 47.0 Å². The molecule has 0 bridgehead atoms. The number of aryl methyl sites for hydroxylation is 2. The van der Waals surface area contributed by atoms with Crippen molar-refractivity contribution < 1.29 is 0 Å². The van der Waals surface area contributed by atoms with E-state index in [0.717, 1.165) is 13.1 Å². The van der Waals surface area contributed by atoms with Crippen LogP contribution in [0.2, 0.25) is 0 Å². The summed E-state index contributed by atoms with van der Waals surface area (Å²) < 4.78 is 0. The molecule has 0 unspecified atom stereocenters. The van der Waals surface area contributed by atoms with Gasteiger partial charge in [0.1, 0.15) is 0 Å². The molecule has 0 amide bonds. The highest BCUT2D eigenvalue weighted by atomic mass is 14.9. The molecule has 0 aliphatic heterocycles. The molecule has 2 nitrogen and oxygen atoms in total. The van der Waals surface area contributed by atoms with E-state index in [2.05, 4.69) is 65.1 Å². The summed E-state index contributed by atoms with van der Waals surface area (Å²) in [5.74, 6) is 0. The van der Waals surface area contributed by atoms with Gasteiger partial charge in [0.05, 0.1) is 0 Å². The molecule has 1 aromatic rings. The summed E-state index contributed by atoms with van der Waals surface area (Å²) in [6, 6.07) is 6.78. The zero-order valence-electron chi connectivity index (χ0n) is 13.4. The normalized spacial score (nSPS) is 12.8. The molecule has 0 aromatic heterocycles. The molecular weight excluding hydrogens is 232 g/mol. The van der Waals surface area contributed by atoms with Crippen LogP contribution in [0.25, 0.3) is 0 Å². The first-order chi connectivity index (χ1) is 8.68. The molecule has 3 N–H and O–H groups in total. The summed E-state index contributed by atoms with van der Waals surface area (Å²) in [7, 11) is 0. The fourth-order valence-electron chi connectivity index (χ4n) is 2.05. The Kier molecular flexibility index (Phi) is 5.17. The fourth-order valence-corrected chi connectivity index (χ4v) is 2.05. The van der Waals surface area contributed by atoms with Gasteiger partial charge in [-0.1, -0.05) is 45.9 Å². The molecule has 0 radical (unpaired) electrons. The van der Waals surface area contributed by atoms with E-state index in [1.807, 2.05) is 0 Å². The molecule has 0 spiro atoms. The third-order valence-corrected chi connectivity index (χ3v) is 4.01. The Labute approximate surface area is 118 Å². The average Bonchev–Trinajstić information content (AvgIpc) is 2.32. The average molecular weight is 262 g/mol. The van der Waals surface area contributed by atoms with Crippen molar-refractivity contribution >= 4 is 0 Å². The van der Waals surface area contributed by atoms with Crippen molar-refractivity contribution in [3.63, 3.8) is 0 Å². The van der Waals surface area contributed by atoms with E-state index >= 15 is 0 Å². The van der Waals surface area contributed by atoms with E-state index in [4.69, 9.17) is 5.73 Å². The second kappa shape index (κ2) is 6.06. The molecule has 108 valence electrons. The molecule has 0 saturated heterocycles. The van der Waals surface area contributed by atoms with Crippen LogP contribution < -0.4 is 11.1 Å². The van der Waals surface area contributed by atoms with E-state index in [0.29, 0.717) is 6.54 Å². The SMILES string of the molecule is Cc1ccc(C(C)(C)CNCC(C)(C)CN)cc1C. The highest BCUT2D eigenvalue weighted by molar-refractivity contribution is 5.34. The molecule has 0 atom stereocenters. The van der Waals surface area contributed by atoms with Crippen molar-refractivity contribution in [1.82, 2.24) is 5.32 Å². The van der Waals surface area contributed by atoms with Crippen molar-refractivity contribution in [1.29, 1.82) is 0 Å². The van der Waals surface area contributed by atoms with Gasteiger partial charge in [-0.2, -0.15) is 0 Å². The maximum absolute atomic E-state index is 5.76. The lowest BCUT2D eigenvalue weighted by molar-refractivity contribution is 0.332. The van der Waals surface area contributed by atoms with Gasteiger partial charge in [0.25, 0.3) is 0 Å². The molecule has 1 aromatic carbocycles. The Balaban J connectivity index is 2.67. The van der Waals surface area contributed by atoms with Crippen LogP contribution in [0.15, 0.2) is 18.2 Å². The lowest BCUT2D eigenvalue weighted by Gasteiger charge is -2.30. The molecule has 19 heavy (non-hydrogen) atoms. The minimum Gasteiger partial charge on any atom is -0.330 e. The van der Waals surface area contributed by atoms with Gasteiger partial charge in [0.15, 0.2) is 0 Å². The minimum absolute atomic E-state index is 0.142. The maximum Gasteiger partial charge on any atom is 0.00434 e. The van der Waals surface area contributed by atoms with Crippen molar-refractivity contribution in [3.05, 3.63) is 34.9 Å². The van der Waals surface area contributed by atoms with Crippen LogP contribution in [-0.4, -0.2) is 19.6 Å². The third-order valence-electron chi connectivity index (χ3n) is 4.01. The summed E-state index contributed by atoms with van der Waals surface area (Å²) in [5, 5.41) is 3.57. The van der Waals surface area contributed by atoms with Gasteiger partial charge in [0.2, 0.25) is 0 Å². The second-order valence-corrected chi connectivity index (χ2v) is 7.15. The van der Waals surface area contributed by atoms with Gasteiger partial charge in [-0.3, -0.25) is 0 Å². The lowest BCUT2D eigenvalue weighted by Crippen LogP contribution is -2.41. The number of hydrogen-bond donors (Lipinski definition) is 2. The van der Waals surface area contributed by atoms with E-state index in [9.17, 15) is 0 Å². The van der Waals surface area contributed by atoms with Gasteiger partial charge in [0, 0.05) is 18.5 Å². The highest BCUT2D eigenvalue weighted by Gasteiger charge is 2.22. The molecular formula is C17H30N2. The van der Waals surface area contributed by atoms with Crippen LogP contribution in [0.4, 0.5) is 0 Å². The summed E-state index contributed by atoms with van der Waals surface area (Å²) in [6.45, 7) is 16.0. The number of benzene rings is 1. The topological polar surface area (TPSA) is 38.0 Å². The van der Waals surface area contributed by atoms with Gasteiger partial charge >= 0.3 is 0 Å². The zero-order valence-corrected chi connectivity index (χ0v) is 13.4. The Morgan fingerprint density at radius 2 is 1.63 bits per heavy atom. The summed E-state index contributed by atoms with van der Waals surface area (Å²) in [5.41, 5.74) is 10.2. The quantitative estimate of drug-likeness (QED) is 0.826. The third kappa shape index (κ3) is 4.63. The first-order valence-corrected chi connectivity index (χ1v) is 7.16. The van der Waals surface area contributed by atoms with Gasteiger partial charge < -0.3 is 11.1 Å². The van der Waals surface area contributed by atoms with Crippen molar-refractivity contribution in [2.75, 3.05) is 19.6 Å². The highest BCUT2D eigenvalue weighted by Crippen LogP contribution is 2.24. The molecule has 0 fully saturated rings. The Hall–Kier alpha value is -0.860. The second-order valence-electron chi connectivity index (χ2n) is 7.15. The Morgan fingerprint density at radius 3 is 2.16 bits per heavy atom. The monoisotopic (exact) mass is 262 g/mol. The molecule has 1 rings (SSSR count). The van der Waals surface area contributed by atoms with Crippen LogP contribution in [0.5, 0.6) is 0 Å². The van der Waals surface area contributed by atoms with Crippen LogP contribution in [0.3, 0.4) is 0 Å². The molecule has 0 saturated carbocycles. The molecule has 0 aliphatic rings. The van der Waals surface area contributed by atoms with E-state index < -0.39 is 0 Å². The first kappa shape index (κ1) is 16.2. The van der Waals surface area contributed by atoms with E-state index in [-0.39, 0.29) is 10.8 Å². The van der Waals surface area contributed by atoms with Crippen LogP contribution in [0, 0.1) is 19.3 Å². The summed E-state index contributed by atoms with van der Waals surface area (Å²) in [4.78, 5) is 0. The molecule has 2 heteroatoms. The summed E-state index contributed by atoms with van der Waals surface area (Å²) in [6.07, 6.45) is 0. The van der Waals surface area contributed by atoms with E-state index in [1.165, 1.54) is 16.7 Å². The van der Waals surface area contributed by atoms with E-state index in [1.54, 1.807) is 0 Å². The summed E-state index contributed by atoms with van der Waals surface area (Å²) >= 11 is 0. The standard InChI is InChI=1S/C17H30N2/c1-13-7-8-15(9-14(13)2)17(5,6)12-19-11-16(3,4)10-18/h7-9,19H,10-12,18H2,1-6H3. The smallest absolute Gasteiger partial charge is 0.00434 e. The van der Waals surface area contributed by atoms with Gasteiger partial charge in [-0.15, -0.1) is 0 Å². The lowest BCUT2D eigenvalue weighted by atomic mass is 9.82. The van der Waals surface area contributed by atoms with Crippen LogP contribution in [0.1, 0.15) is 44.4 Å². The fraction of sp³-hybridized carbons (Fsp3) is 0.647. The predicted molar refractivity (Wildman–Crippen MR) is 84.6 cm³/mol. The molecule has 0 heterocycles. The van der Waals surface area contributed by atoms with Crippen molar-refractivity contribution in [2.24, 2.45) is 11.1 Å². The number of rotatable bonds is 6. The maximum atomic E-state index is 5.76. The number of nitrogens with two attached hydrogens (primary N) is 1. The van der Waals surface area contributed by atoms with Crippen molar-refractivity contribution in [3.8, 4) is 0 Å². The molecule has 0 aliphatic carbocycles. The van der Waals surface area contributed by atoms with Crippen LogP contribution in [-0.2, 0) is 5.41 Å². The number of nitrogens with one attached hydrogen (secondary N) is 1. The Morgan fingerprint density at radius 1 is 1.00 bits per heavy atom.